The molecule has 2 nitrogen and oxygen atoms in total. The standard InChI is InChI=1S/C6H5BrN2/c1-2-5-3-9-6(7)4-8-5/h2-4H,1H2. The van der Waals surface area contributed by atoms with Crippen molar-refractivity contribution >= 4 is 22.0 Å². The molecule has 0 aromatic carbocycles. The van der Waals surface area contributed by atoms with Crippen LogP contribution in [0.4, 0.5) is 0 Å². The summed E-state index contributed by atoms with van der Waals surface area (Å²) in [4.78, 5) is 7.90. The van der Waals surface area contributed by atoms with Gasteiger partial charge >= 0.3 is 0 Å². The molecule has 46 valence electrons. The van der Waals surface area contributed by atoms with Gasteiger partial charge in [-0.3, -0.25) is 4.98 Å². The minimum Gasteiger partial charge on any atom is -0.252 e. The van der Waals surface area contributed by atoms with Crippen LogP contribution >= 0.6 is 15.9 Å². The molecule has 0 bridgehead atoms. The van der Waals surface area contributed by atoms with Gasteiger partial charge in [-0.2, -0.15) is 0 Å². The largest absolute Gasteiger partial charge is 0.252 e. The van der Waals surface area contributed by atoms with E-state index in [1.807, 2.05) is 0 Å². The van der Waals surface area contributed by atoms with Gasteiger partial charge in [0.2, 0.25) is 0 Å². The first-order chi connectivity index (χ1) is 4.33. The molecule has 0 atom stereocenters. The second-order valence-electron chi connectivity index (χ2n) is 1.47. The molecule has 0 N–H and O–H groups in total. The predicted molar refractivity (Wildman–Crippen MR) is 39.8 cm³/mol. The molecule has 0 amide bonds. The molecule has 1 aromatic heterocycles. The first kappa shape index (κ1) is 6.42. The second-order valence-corrected chi connectivity index (χ2v) is 2.28. The highest BCUT2D eigenvalue weighted by atomic mass is 79.9. The van der Waals surface area contributed by atoms with E-state index in [2.05, 4.69) is 32.5 Å². The van der Waals surface area contributed by atoms with Crippen LogP contribution < -0.4 is 0 Å². The van der Waals surface area contributed by atoms with Gasteiger partial charge < -0.3 is 0 Å². The Morgan fingerprint density at radius 1 is 1.44 bits per heavy atom. The lowest BCUT2D eigenvalue weighted by atomic mass is 10.5. The van der Waals surface area contributed by atoms with Crippen molar-refractivity contribution in [2.45, 2.75) is 0 Å². The van der Waals surface area contributed by atoms with E-state index in [4.69, 9.17) is 0 Å². The van der Waals surface area contributed by atoms with Gasteiger partial charge in [0.1, 0.15) is 4.60 Å². The third-order valence-corrected chi connectivity index (χ3v) is 1.26. The molecule has 3 heteroatoms. The molecule has 0 unspecified atom stereocenters. The highest BCUT2D eigenvalue weighted by Crippen LogP contribution is 2.02. The van der Waals surface area contributed by atoms with Crippen molar-refractivity contribution in [1.29, 1.82) is 0 Å². The normalized spacial score (nSPS) is 9.00. The van der Waals surface area contributed by atoms with Crippen molar-refractivity contribution in [2.24, 2.45) is 0 Å². The van der Waals surface area contributed by atoms with E-state index >= 15 is 0 Å². The average molecular weight is 185 g/mol. The SMILES string of the molecule is C=Cc1cnc(Br)cn1. The summed E-state index contributed by atoms with van der Waals surface area (Å²) in [6.07, 6.45) is 4.94. The Hall–Kier alpha value is -0.700. The van der Waals surface area contributed by atoms with E-state index in [1.54, 1.807) is 18.5 Å². The number of hydrogen-bond donors (Lipinski definition) is 0. The van der Waals surface area contributed by atoms with Crippen molar-refractivity contribution in [2.75, 3.05) is 0 Å². The van der Waals surface area contributed by atoms with Crippen LogP contribution in [0.25, 0.3) is 6.08 Å². The molecule has 0 saturated carbocycles. The third kappa shape index (κ3) is 1.61. The first-order valence-corrected chi connectivity index (χ1v) is 3.22. The fourth-order valence-corrected chi connectivity index (χ4v) is 0.632. The molecule has 0 radical (unpaired) electrons. The summed E-state index contributed by atoms with van der Waals surface area (Å²) in [5.41, 5.74) is 0.790. The smallest absolute Gasteiger partial charge is 0.124 e. The zero-order valence-electron chi connectivity index (χ0n) is 4.71. The van der Waals surface area contributed by atoms with Gasteiger partial charge in [-0.25, -0.2) is 4.98 Å². The minimum absolute atomic E-state index is 0.744. The maximum Gasteiger partial charge on any atom is 0.124 e. The third-order valence-electron chi connectivity index (χ3n) is 0.849. The lowest BCUT2D eigenvalue weighted by molar-refractivity contribution is 1.15. The van der Waals surface area contributed by atoms with Gasteiger partial charge in [0.25, 0.3) is 0 Å². The van der Waals surface area contributed by atoms with Gasteiger partial charge in [-0.15, -0.1) is 0 Å². The molecule has 1 heterocycles. The zero-order valence-corrected chi connectivity index (χ0v) is 6.30. The van der Waals surface area contributed by atoms with E-state index in [-0.39, 0.29) is 0 Å². The topological polar surface area (TPSA) is 25.8 Å². The van der Waals surface area contributed by atoms with Crippen molar-refractivity contribution in [3.8, 4) is 0 Å². The monoisotopic (exact) mass is 184 g/mol. The van der Waals surface area contributed by atoms with E-state index in [1.165, 1.54) is 0 Å². The molecule has 1 aromatic rings. The van der Waals surface area contributed by atoms with E-state index in [0.717, 1.165) is 10.3 Å². The lowest BCUT2D eigenvalue weighted by Crippen LogP contribution is -1.81. The van der Waals surface area contributed by atoms with Crippen LogP contribution in [0.1, 0.15) is 5.69 Å². The van der Waals surface area contributed by atoms with E-state index < -0.39 is 0 Å². The summed E-state index contributed by atoms with van der Waals surface area (Å²) >= 11 is 3.17. The van der Waals surface area contributed by atoms with Gasteiger partial charge in [0.15, 0.2) is 0 Å². The highest BCUT2D eigenvalue weighted by molar-refractivity contribution is 9.10. The van der Waals surface area contributed by atoms with Gasteiger partial charge in [-0.1, -0.05) is 6.58 Å². The molecular weight excluding hydrogens is 180 g/mol. The van der Waals surface area contributed by atoms with Crippen LogP contribution in [0.2, 0.25) is 0 Å². The maximum atomic E-state index is 3.97. The van der Waals surface area contributed by atoms with Crippen LogP contribution in [-0.4, -0.2) is 9.97 Å². The van der Waals surface area contributed by atoms with Crippen molar-refractivity contribution in [1.82, 2.24) is 9.97 Å². The van der Waals surface area contributed by atoms with Gasteiger partial charge in [-0.05, 0) is 22.0 Å². The summed E-state index contributed by atoms with van der Waals surface area (Å²) < 4.78 is 0.744. The quantitative estimate of drug-likeness (QED) is 0.667. The molecule has 0 aliphatic rings. The fourth-order valence-electron chi connectivity index (χ4n) is 0.428. The van der Waals surface area contributed by atoms with E-state index in [9.17, 15) is 0 Å². The van der Waals surface area contributed by atoms with Gasteiger partial charge in [0, 0.05) is 0 Å². The number of nitrogens with zero attached hydrogens (tertiary/aromatic N) is 2. The second kappa shape index (κ2) is 2.73. The Balaban J connectivity index is 3.01. The van der Waals surface area contributed by atoms with Crippen LogP contribution in [0.3, 0.4) is 0 Å². The zero-order chi connectivity index (χ0) is 6.69. The van der Waals surface area contributed by atoms with Crippen LogP contribution in [0.15, 0.2) is 23.6 Å². The maximum absolute atomic E-state index is 3.97. The van der Waals surface area contributed by atoms with Crippen molar-refractivity contribution < 1.29 is 0 Å². The average Bonchev–Trinajstić information content (AvgIpc) is 1.90. The Morgan fingerprint density at radius 2 is 2.22 bits per heavy atom. The molecular formula is C6H5BrN2. The molecule has 0 fully saturated rings. The lowest BCUT2D eigenvalue weighted by Gasteiger charge is -1.88. The highest BCUT2D eigenvalue weighted by Gasteiger charge is 1.86. The number of rotatable bonds is 1. The molecule has 0 saturated heterocycles. The summed E-state index contributed by atoms with van der Waals surface area (Å²) in [6.45, 7) is 3.54. The molecule has 0 aliphatic carbocycles. The Bertz CT molecular complexity index is 205. The molecule has 0 spiro atoms. The molecule has 1 rings (SSSR count). The first-order valence-electron chi connectivity index (χ1n) is 2.43. The van der Waals surface area contributed by atoms with Gasteiger partial charge in [0.05, 0.1) is 18.1 Å². The Morgan fingerprint density at radius 3 is 2.67 bits per heavy atom. The van der Waals surface area contributed by atoms with E-state index in [0.29, 0.717) is 0 Å². The Kier molecular flexibility index (Phi) is 1.95. The Labute approximate surface area is 61.8 Å². The number of halogens is 1. The summed E-state index contributed by atoms with van der Waals surface area (Å²) in [5, 5.41) is 0. The number of hydrogen-bond acceptors (Lipinski definition) is 2. The van der Waals surface area contributed by atoms with Crippen molar-refractivity contribution in [3.05, 3.63) is 29.3 Å². The minimum atomic E-state index is 0.744. The molecule has 0 aliphatic heterocycles. The van der Waals surface area contributed by atoms with Crippen LogP contribution in [-0.2, 0) is 0 Å². The van der Waals surface area contributed by atoms with Crippen LogP contribution in [0, 0.1) is 0 Å². The predicted octanol–water partition coefficient (Wildman–Crippen LogP) is 1.88. The number of aromatic nitrogens is 2. The summed E-state index contributed by atoms with van der Waals surface area (Å²) in [7, 11) is 0. The fraction of sp³-hybridized carbons (Fsp3) is 0. The van der Waals surface area contributed by atoms with Crippen LogP contribution in [0.5, 0.6) is 0 Å². The van der Waals surface area contributed by atoms with Crippen molar-refractivity contribution in [3.63, 3.8) is 0 Å². The summed E-state index contributed by atoms with van der Waals surface area (Å²) in [5.74, 6) is 0. The molecule has 9 heavy (non-hydrogen) atoms. The summed E-state index contributed by atoms with van der Waals surface area (Å²) in [6, 6.07) is 0.